The summed E-state index contributed by atoms with van der Waals surface area (Å²) >= 11 is 0. The zero-order valence-electron chi connectivity index (χ0n) is 11.9. The average Bonchev–Trinajstić information content (AvgIpc) is 2.52. The maximum Gasteiger partial charge on any atom is 0.158 e. The van der Waals surface area contributed by atoms with E-state index < -0.39 is 0 Å². The molecule has 4 nitrogen and oxygen atoms in total. The van der Waals surface area contributed by atoms with Crippen molar-refractivity contribution in [1.82, 2.24) is 0 Å². The summed E-state index contributed by atoms with van der Waals surface area (Å²) < 4.78 is 21.8. The van der Waals surface area contributed by atoms with Crippen molar-refractivity contribution < 1.29 is 18.9 Å². The van der Waals surface area contributed by atoms with E-state index in [1.165, 1.54) is 12.8 Å². The Kier molecular flexibility index (Phi) is 7.52. The van der Waals surface area contributed by atoms with Gasteiger partial charge in [-0.25, -0.2) is 0 Å². The van der Waals surface area contributed by atoms with Gasteiger partial charge in [-0.1, -0.05) is 11.8 Å². The van der Waals surface area contributed by atoms with Crippen LogP contribution in [0.4, 0.5) is 0 Å². The molecule has 2 fully saturated rings. The Labute approximate surface area is 121 Å². The van der Waals surface area contributed by atoms with E-state index in [1.54, 1.807) is 0 Å². The van der Waals surface area contributed by atoms with Gasteiger partial charge in [0.05, 0.1) is 0 Å². The highest BCUT2D eigenvalue weighted by Crippen LogP contribution is 2.13. The van der Waals surface area contributed by atoms with Crippen LogP contribution in [0.15, 0.2) is 0 Å². The summed E-state index contributed by atoms with van der Waals surface area (Å²) in [5, 5.41) is 0. The van der Waals surface area contributed by atoms with Gasteiger partial charge < -0.3 is 18.9 Å². The molecule has 0 aromatic heterocycles. The van der Waals surface area contributed by atoms with E-state index in [4.69, 9.17) is 18.9 Å². The molecule has 0 saturated carbocycles. The molecule has 0 N–H and O–H groups in total. The van der Waals surface area contributed by atoms with Crippen LogP contribution in [0, 0.1) is 23.7 Å². The number of hydrogen-bond acceptors (Lipinski definition) is 4. The topological polar surface area (TPSA) is 36.9 Å². The van der Waals surface area contributed by atoms with Gasteiger partial charge >= 0.3 is 0 Å². The Balaban J connectivity index is 1.51. The smallest absolute Gasteiger partial charge is 0.158 e. The van der Waals surface area contributed by atoms with E-state index in [1.807, 2.05) is 0 Å². The van der Waals surface area contributed by atoms with Crippen molar-refractivity contribution in [2.75, 3.05) is 26.4 Å². The molecule has 0 spiro atoms. The Morgan fingerprint density at radius 3 is 1.65 bits per heavy atom. The third-order valence-electron chi connectivity index (χ3n) is 3.20. The van der Waals surface area contributed by atoms with Crippen molar-refractivity contribution >= 4 is 0 Å². The van der Waals surface area contributed by atoms with Crippen LogP contribution < -0.4 is 0 Å². The summed E-state index contributed by atoms with van der Waals surface area (Å²) in [6.07, 6.45) is 6.33. The van der Waals surface area contributed by atoms with E-state index in [0.29, 0.717) is 13.2 Å². The number of rotatable bonds is 4. The standard InChI is InChI=1S/C16H22O4/c1(5-11-17-15-9-3-7-13-19-15)2-6-12-18-16-10-4-8-14-20-16/h15-16H,3-4,7-14H2. The molecule has 0 amide bonds. The van der Waals surface area contributed by atoms with Gasteiger partial charge in [-0.3, -0.25) is 0 Å². The molecule has 0 bridgehead atoms. The molecule has 20 heavy (non-hydrogen) atoms. The lowest BCUT2D eigenvalue weighted by Crippen LogP contribution is -2.22. The maximum absolute atomic E-state index is 5.47. The van der Waals surface area contributed by atoms with Crippen LogP contribution in [-0.4, -0.2) is 39.0 Å². The second-order valence-corrected chi connectivity index (χ2v) is 4.82. The SMILES string of the molecule is C(C#CCOC1CCCCO1)#CCOC1CCCCO1. The van der Waals surface area contributed by atoms with Crippen molar-refractivity contribution in [2.24, 2.45) is 0 Å². The highest BCUT2D eigenvalue weighted by atomic mass is 16.7. The van der Waals surface area contributed by atoms with Gasteiger partial charge in [0.1, 0.15) is 13.2 Å². The quantitative estimate of drug-likeness (QED) is 0.738. The van der Waals surface area contributed by atoms with Crippen molar-refractivity contribution in [3.05, 3.63) is 0 Å². The average molecular weight is 278 g/mol. The van der Waals surface area contributed by atoms with Crippen LogP contribution in [0.5, 0.6) is 0 Å². The number of hydrogen-bond donors (Lipinski definition) is 0. The Hall–Kier alpha value is -1.04. The molecule has 4 heteroatoms. The molecule has 0 radical (unpaired) electrons. The van der Waals surface area contributed by atoms with Crippen LogP contribution in [0.25, 0.3) is 0 Å². The first-order chi connectivity index (χ1) is 9.95. The first-order valence-electron chi connectivity index (χ1n) is 7.37. The van der Waals surface area contributed by atoms with Crippen molar-refractivity contribution in [3.63, 3.8) is 0 Å². The molecule has 2 aliphatic rings. The van der Waals surface area contributed by atoms with E-state index in [0.717, 1.165) is 38.9 Å². The van der Waals surface area contributed by atoms with Crippen LogP contribution in [0.2, 0.25) is 0 Å². The van der Waals surface area contributed by atoms with Gasteiger partial charge in [0.25, 0.3) is 0 Å². The lowest BCUT2D eigenvalue weighted by Gasteiger charge is -2.21. The Morgan fingerprint density at radius 1 is 0.750 bits per heavy atom. The molecular weight excluding hydrogens is 256 g/mol. The molecule has 2 rings (SSSR count). The second-order valence-electron chi connectivity index (χ2n) is 4.82. The molecule has 2 saturated heterocycles. The maximum atomic E-state index is 5.47. The minimum Gasteiger partial charge on any atom is -0.353 e. The lowest BCUT2D eigenvalue weighted by atomic mass is 10.2. The summed E-state index contributed by atoms with van der Waals surface area (Å²) in [4.78, 5) is 0. The molecule has 0 aromatic carbocycles. The summed E-state index contributed by atoms with van der Waals surface area (Å²) in [6.45, 7) is 2.31. The van der Waals surface area contributed by atoms with Crippen LogP contribution in [0.1, 0.15) is 38.5 Å². The Morgan fingerprint density at radius 2 is 1.25 bits per heavy atom. The van der Waals surface area contributed by atoms with Crippen LogP contribution in [-0.2, 0) is 18.9 Å². The van der Waals surface area contributed by atoms with Crippen molar-refractivity contribution in [1.29, 1.82) is 0 Å². The molecule has 2 aliphatic heterocycles. The largest absolute Gasteiger partial charge is 0.353 e. The summed E-state index contributed by atoms with van der Waals surface area (Å²) in [5.41, 5.74) is 0. The van der Waals surface area contributed by atoms with Gasteiger partial charge in [0.15, 0.2) is 12.6 Å². The molecule has 110 valence electrons. The van der Waals surface area contributed by atoms with E-state index in [9.17, 15) is 0 Å². The highest BCUT2D eigenvalue weighted by Gasteiger charge is 2.13. The van der Waals surface area contributed by atoms with Gasteiger partial charge in [-0.2, -0.15) is 0 Å². The summed E-state index contributed by atoms with van der Waals surface area (Å²) in [7, 11) is 0. The number of ether oxygens (including phenoxy) is 4. The van der Waals surface area contributed by atoms with Crippen molar-refractivity contribution in [2.45, 2.75) is 51.1 Å². The minimum atomic E-state index is -0.0854. The fraction of sp³-hybridized carbons (Fsp3) is 0.750. The lowest BCUT2D eigenvalue weighted by molar-refractivity contribution is -0.154. The third kappa shape index (κ3) is 6.41. The van der Waals surface area contributed by atoms with Crippen LogP contribution >= 0.6 is 0 Å². The zero-order valence-corrected chi connectivity index (χ0v) is 11.9. The van der Waals surface area contributed by atoms with Gasteiger partial charge in [0, 0.05) is 13.2 Å². The first kappa shape index (κ1) is 15.4. The molecule has 2 unspecified atom stereocenters. The predicted octanol–water partition coefficient (Wildman–Crippen LogP) is 2.08. The van der Waals surface area contributed by atoms with E-state index in [2.05, 4.69) is 23.7 Å². The monoisotopic (exact) mass is 278 g/mol. The highest BCUT2D eigenvalue weighted by molar-refractivity contribution is 5.26. The second kappa shape index (κ2) is 9.80. The first-order valence-corrected chi connectivity index (χ1v) is 7.37. The normalized spacial score (nSPS) is 26.0. The van der Waals surface area contributed by atoms with Gasteiger partial charge in [-0.15, -0.1) is 0 Å². The summed E-state index contributed by atoms with van der Waals surface area (Å²) in [6, 6.07) is 0. The summed E-state index contributed by atoms with van der Waals surface area (Å²) in [5.74, 6) is 11.2. The third-order valence-corrected chi connectivity index (χ3v) is 3.20. The fourth-order valence-electron chi connectivity index (χ4n) is 2.12. The molecule has 0 aromatic rings. The Bertz CT molecular complexity index is 335. The van der Waals surface area contributed by atoms with Gasteiger partial charge in [-0.05, 0) is 50.4 Å². The molecule has 0 aliphatic carbocycles. The minimum absolute atomic E-state index is 0.0854. The van der Waals surface area contributed by atoms with Crippen LogP contribution in [0.3, 0.4) is 0 Å². The van der Waals surface area contributed by atoms with Crippen molar-refractivity contribution in [3.8, 4) is 23.7 Å². The molecular formula is C16H22O4. The fourth-order valence-corrected chi connectivity index (χ4v) is 2.12. The van der Waals surface area contributed by atoms with Gasteiger partial charge in [0.2, 0.25) is 0 Å². The van der Waals surface area contributed by atoms with E-state index >= 15 is 0 Å². The van der Waals surface area contributed by atoms with E-state index in [-0.39, 0.29) is 12.6 Å². The molecule has 2 heterocycles. The molecule has 2 atom stereocenters. The zero-order chi connectivity index (χ0) is 13.9. The predicted molar refractivity (Wildman–Crippen MR) is 74.6 cm³/mol.